The Bertz CT molecular complexity index is 1380. The van der Waals surface area contributed by atoms with Crippen molar-refractivity contribution in [2.45, 2.75) is 40.4 Å². The number of hydrogen-bond acceptors (Lipinski definition) is 5. The van der Waals surface area contributed by atoms with Gasteiger partial charge in [0.25, 0.3) is 11.8 Å². The molecule has 0 aliphatic heterocycles. The third-order valence-electron chi connectivity index (χ3n) is 5.23. The lowest BCUT2D eigenvalue weighted by atomic mass is 10.1. The molecule has 0 unspecified atom stereocenters. The van der Waals surface area contributed by atoms with E-state index >= 15 is 0 Å². The summed E-state index contributed by atoms with van der Waals surface area (Å²) in [6.07, 6.45) is 8.27. The minimum atomic E-state index is -0.625. The largest absolute Gasteiger partial charge is 0.467 e. The molecule has 0 radical (unpaired) electrons. The average molecular weight is 462 g/mol. The molecule has 0 fully saturated rings. The van der Waals surface area contributed by atoms with E-state index in [9.17, 15) is 14.4 Å². The van der Waals surface area contributed by atoms with Gasteiger partial charge in [-0.15, -0.1) is 0 Å². The lowest BCUT2D eigenvalue weighted by Gasteiger charge is -2.14. The zero-order chi connectivity index (χ0) is 24.2. The Labute approximate surface area is 196 Å². The van der Waals surface area contributed by atoms with Crippen LogP contribution in [-0.4, -0.2) is 25.8 Å². The van der Waals surface area contributed by atoms with Gasteiger partial charge in [-0.05, 0) is 36.6 Å². The molecule has 4 aromatic heterocycles. The number of carbonyl (C=O) groups is 2. The second-order valence-corrected chi connectivity index (χ2v) is 8.65. The molecule has 2 N–H and O–H groups in total. The van der Waals surface area contributed by atoms with Crippen LogP contribution in [0.25, 0.3) is 5.65 Å². The molecule has 4 rings (SSSR count). The second kappa shape index (κ2) is 9.78. The first-order valence-electron chi connectivity index (χ1n) is 11.1. The molecule has 0 atom stereocenters. The molecule has 0 spiro atoms. The van der Waals surface area contributed by atoms with Crippen LogP contribution < -0.4 is 16.1 Å². The van der Waals surface area contributed by atoms with Crippen LogP contribution in [0.3, 0.4) is 0 Å². The van der Waals surface area contributed by atoms with E-state index in [4.69, 9.17) is 4.42 Å². The van der Waals surface area contributed by atoms with E-state index in [1.807, 2.05) is 49.7 Å². The summed E-state index contributed by atoms with van der Waals surface area (Å²) in [5.41, 5.74) is 1.71. The molecular formula is C25H27N5O4. The van der Waals surface area contributed by atoms with Crippen LogP contribution in [0.15, 0.2) is 64.5 Å². The number of nitrogens with zero attached hydrogens (tertiary/aromatic N) is 3. The fourth-order valence-electron chi connectivity index (χ4n) is 3.66. The maximum Gasteiger partial charge on any atom is 0.257 e. The Hall–Kier alpha value is -4.14. The van der Waals surface area contributed by atoms with Crippen LogP contribution in [0.4, 0.5) is 0 Å². The molecule has 2 amide bonds. The Morgan fingerprint density at radius 3 is 2.35 bits per heavy atom. The van der Waals surface area contributed by atoms with Gasteiger partial charge in [-0.3, -0.25) is 14.4 Å². The maximum absolute atomic E-state index is 13.1. The molecule has 4 heterocycles. The number of fused-ring (bicyclic) bond motifs is 1. The number of pyridine rings is 2. The third kappa shape index (κ3) is 5.25. The molecule has 34 heavy (non-hydrogen) atoms. The fraction of sp³-hybridized carbons (Fsp3) is 0.280. The maximum atomic E-state index is 13.1. The zero-order valence-electron chi connectivity index (χ0n) is 19.4. The van der Waals surface area contributed by atoms with Gasteiger partial charge in [0, 0.05) is 31.3 Å². The fourth-order valence-corrected chi connectivity index (χ4v) is 3.66. The summed E-state index contributed by atoms with van der Waals surface area (Å²) < 4.78 is 8.81. The number of rotatable bonds is 8. The summed E-state index contributed by atoms with van der Waals surface area (Å²) >= 11 is 0. The number of carbonyl (C=O) groups excluding carboxylic acids is 2. The predicted molar refractivity (Wildman–Crippen MR) is 127 cm³/mol. The molecule has 4 aromatic rings. The van der Waals surface area contributed by atoms with Gasteiger partial charge in [-0.2, -0.15) is 0 Å². The molecule has 0 aliphatic carbocycles. The molecule has 0 saturated carbocycles. The van der Waals surface area contributed by atoms with Crippen molar-refractivity contribution in [2.24, 2.45) is 5.92 Å². The van der Waals surface area contributed by atoms with Crippen molar-refractivity contribution >= 4 is 17.5 Å². The average Bonchev–Trinajstić information content (AvgIpc) is 3.45. The van der Waals surface area contributed by atoms with Crippen molar-refractivity contribution < 1.29 is 14.0 Å². The molecule has 0 aromatic carbocycles. The second-order valence-electron chi connectivity index (χ2n) is 8.65. The van der Waals surface area contributed by atoms with Crippen LogP contribution in [0.1, 0.15) is 51.6 Å². The molecule has 0 bridgehead atoms. The molecule has 9 heteroatoms. The zero-order valence-corrected chi connectivity index (χ0v) is 19.4. The van der Waals surface area contributed by atoms with Crippen LogP contribution in [0, 0.1) is 12.8 Å². The highest BCUT2D eigenvalue weighted by molar-refractivity contribution is 5.99. The van der Waals surface area contributed by atoms with Crippen molar-refractivity contribution in [1.29, 1.82) is 0 Å². The first kappa shape index (κ1) is 23.0. The van der Waals surface area contributed by atoms with Gasteiger partial charge in [-0.1, -0.05) is 19.9 Å². The normalized spacial score (nSPS) is 11.2. The number of aromatic nitrogens is 3. The lowest BCUT2D eigenvalue weighted by Crippen LogP contribution is -2.35. The smallest absolute Gasteiger partial charge is 0.257 e. The SMILES string of the molecule is Cc1ccc2nc(CNC(=O)c3cn(CC(C)C)cc(C(=O)NCc4ccco4)c3=O)cn2c1. The summed E-state index contributed by atoms with van der Waals surface area (Å²) in [6, 6.07) is 7.30. The van der Waals surface area contributed by atoms with E-state index in [-0.39, 0.29) is 30.1 Å². The van der Waals surface area contributed by atoms with Gasteiger partial charge in [0.2, 0.25) is 5.43 Å². The number of furan rings is 1. The predicted octanol–water partition coefficient (Wildman–Crippen LogP) is 2.91. The van der Waals surface area contributed by atoms with E-state index < -0.39 is 17.2 Å². The van der Waals surface area contributed by atoms with Gasteiger partial charge in [-0.25, -0.2) is 4.98 Å². The van der Waals surface area contributed by atoms with Crippen LogP contribution >= 0.6 is 0 Å². The van der Waals surface area contributed by atoms with E-state index in [0.29, 0.717) is 18.0 Å². The summed E-state index contributed by atoms with van der Waals surface area (Å²) in [4.78, 5) is 43.3. The van der Waals surface area contributed by atoms with E-state index in [1.54, 1.807) is 16.7 Å². The molecule has 176 valence electrons. The van der Waals surface area contributed by atoms with Gasteiger partial charge in [0.05, 0.1) is 25.0 Å². The standard InChI is InChI=1S/C25H27N5O4/c1-16(2)11-29-14-20(23(31)21(15-29)25(33)27-10-19-5-4-8-34-19)24(32)26-9-18-13-30-12-17(3)6-7-22(30)28-18/h4-8,12-16H,9-11H2,1-3H3,(H,26,32)(H,27,33). The van der Waals surface area contributed by atoms with Crippen molar-refractivity contribution in [3.63, 3.8) is 0 Å². The molecule has 9 nitrogen and oxygen atoms in total. The minimum absolute atomic E-state index is 0.0918. The van der Waals surface area contributed by atoms with E-state index in [1.165, 1.54) is 18.7 Å². The number of nitrogens with one attached hydrogen (secondary N) is 2. The summed E-state index contributed by atoms with van der Waals surface area (Å²) in [6.45, 7) is 6.85. The number of aryl methyl sites for hydroxylation is 1. The summed E-state index contributed by atoms with van der Waals surface area (Å²) in [5.74, 6) is -0.313. The third-order valence-corrected chi connectivity index (χ3v) is 5.23. The van der Waals surface area contributed by atoms with Crippen molar-refractivity contribution in [3.8, 4) is 0 Å². The monoisotopic (exact) mass is 461 g/mol. The first-order chi connectivity index (χ1) is 16.3. The van der Waals surface area contributed by atoms with Gasteiger partial charge < -0.3 is 24.0 Å². The Morgan fingerprint density at radius 1 is 1.00 bits per heavy atom. The Morgan fingerprint density at radius 2 is 1.71 bits per heavy atom. The Kier molecular flexibility index (Phi) is 6.62. The minimum Gasteiger partial charge on any atom is -0.467 e. The van der Waals surface area contributed by atoms with E-state index in [0.717, 1.165) is 11.2 Å². The highest BCUT2D eigenvalue weighted by atomic mass is 16.3. The van der Waals surface area contributed by atoms with Gasteiger partial charge in [0.15, 0.2) is 0 Å². The molecule has 0 aliphatic rings. The van der Waals surface area contributed by atoms with Crippen LogP contribution in [-0.2, 0) is 19.6 Å². The first-order valence-corrected chi connectivity index (χ1v) is 11.1. The number of hydrogen-bond donors (Lipinski definition) is 2. The molecular weight excluding hydrogens is 434 g/mol. The molecule has 0 saturated heterocycles. The Balaban J connectivity index is 1.55. The number of imidazole rings is 1. The quantitative estimate of drug-likeness (QED) is 0.419. The van der Waals surface area contributed by atoms with E-state index in [2.05, 4.69) is 15.6 Å². The van der Waals surface area contributed by atoms with Crippen molar-refractivity contribution in [2.75, 3.05) is 0 Å². The van der Waals surface area contributed by atoms with Gasteiger partial charge >= 0.3 is 0 Å². The van der Waals surface area contributed by atoms with Crippen molar-refractivity contribution in [1.82, 2.24) is 24.6 Å². The highest BCUT2D eigenvalue weighted by Gasteiger charge is 2.20. The highest BCUT2D eigenvalue weighted by Crippen LogP contribution is 2.09. The van der Waals surface area contributed by atoms with Crippen LogP contribution in [0.2, 0.25) is 0 Å². The van der Waals surface area contributed by atoms with Gasteiger partial charge in [0.1, 0.15) is 22.5 Å². The lowest BCUT2D eigenvalue weighted by molar-refractivity contribution is 0.0945. The van der Waals surface area contributed by atoms with Crippen LogP contribution in [0.5, 0.6) is 0 Å². The number of amides is 2. The van der Waals surface area contributed by atoms with Crippen molar-refractivity contribution in [3.05, 3.63) is 93.7 Å². The summed E-state index contributed by atoms with van der Waals surface area (Å²) in [5, 5.41) is 5.43. The topological polar surface area (TPSA) is 111 Å². The summed E-state index contributed by atoms with van der Waals surface area (Å²) in [7, 11) is 0.